The topological polar surface area (TPSA) is 95.9 Å². The largest absolute Gasteiger partial charge is 0.462 e. The number of carbonyl (C=O) groups is 2. The second kappa shape index (κ2) is 47.6. The molecule has 0 rings (SSSR count). The van der Waals surface area contributed by atoms with Crippen LogP contribution in [0.1, 0.15) is 290 Å². The summed E-state index contributed by atoms with van der Waals surface area (Å²) in [5.41, 5.74) is 0. The number of nitrogens with one attached hydrogen (secondary N) is 1. The van der Waals surface area contributed by atoms with Gasteiger partial charge < -0.3 is 20.3 Å². The first-order valence-electron chi connectivity index (χ1n) is 26.4. The van der Waals surface area contributed by atoms with Crippen LogP contribution in [0.5, 0.6) is 0 Å². The second-order valence-corrected chi connectivity index (χ2v) is 18.3. The van der Waals surface area contributed by atoms with Crippen molar-refractivity contribution >= 4 is 11.9 Å². The Morgan fingerprint density at radius 2 is 0.814 bits per heavy atom. The van der Waals surface area contributed by atoms with Crippen molar-refractivity contribution < 1.29 is 24.5 Å². The molecule has 0 heterocycles. The van der Waals surface area contributed by atoms with E-state index >= 15 is 0 Å². The normalized spacial score (nSPS) is 13.2. The Bertz CT molecular complexity index is 893. The van der Waals surface area contributed by atoms with Crippen molar-refractivity contribution in [3.05, 3.63) is 12.2 Å². The van der Waals surface area contributed by atoms with Crippen molar-refractivity contribution in [2.75, 3.05) is 6.61 Å². The number of aliphatic hydroxyl groups excluding tert-OH is 2. The molecule has 6 nitrogen and oxygen atoms in total. The van der Waals surface area contributed by atoms with Crippen molar-refractivity contribution in [3.63, 3.8) is 0 Å². The van der Waals surface area contributed by atoms with Gasteiger partial charge in [-0.15, -0.1) is 0 Å². The number of unbranched alkanes of at least 4 members (excludes halogenated alkanes) is 34. The van der Waals surface area contributed by atoms with Crippen LogP contribution < -0.4 is 5.32 Å². The molecule has 6 heteroatoms. The van der Waals surface area contributed by atoms with Crippen LogP contribution in [0, 0.1) is 0 Å². The molecule has 0 radical (unpaired) electrons. The molecule has 1 amide bonds. The maximum Gasteiger partial charge on any atom is 0.306 e. The number of esters is 1. The molecule has 0 saturated heterocycles. The number of aliphatic hydroxyl groups is 2. The van der Waals surface area contributed by atoms with Gasteiger partial charge in [-0.3, -0.25) is 9.59 Å². The average Bonchev–Trinajstić information content (AvgIpc) is 3.23. The zero-order chi connectivity index (χ0) is 43.1. The smallest absolute Gasteiger partial charge is 0.306 e. The number of ether oxygens (including phenoxy) is 1. The van der Waals surface area contributed by atoms with Crippen molar-refractivity contribution in [1.82, 2.24) is 5.32 Å². The molecular weight excluding hydrogens is 731 g/mol. The SMILES string of the molecule is CCCCC/C=C\CCCCCC(CC(=O)NC(CO)C(O)CCCCCCCCCCCCCCCC)OC(=O)CCCCCCCCCCCCCCCCCC. The monoisotopic (exact) mass is 834 g/mol. The van der Waals surface area contributed by atoms with Gasteiger partial charge in [-0.2, -0.15) is 0 Å². The highest BCUT2D eigenvalue weighted by Crippen LogP contribution is 2.18. The summed E-state index contributed by atoms with van der Waals surface area (Å²) in [6.45, 7) is 6.48. The summed E-state index contributed by atoms with van der Waals surface area (Å²) in [6, 6.07) is -0.699. The van der Waals surface area contributed by atoms with Crippen LogP contribution in [0.4, 0.5) is 0 Å². The van der Waals surface area contributed by atoms with Crippen LogP contribution in [0.3, 0.4) is 0 Å². The summed E-state index contributed by atoms with van der Waals surface area (Å²) in [5, 5.41) is 23.8. The summed E-state index contributed by atoms with van der Waals surface area (Å²) >= 11 is 0. The molecule has 3 atom stereocenters. The van der Waals surface area contributed by atoms with Crippen LogP contribution in [0.15, 0.2) is 12.2 Å². The molecule has 0 aromatic heterocycles. The number of hydrogen-bond donors (Lipinski definition) is 3. The third-order valence-corrected chi connectivity index (χ3v) is 12.3. The zero-order valence-electron chi connectivity index (χ0n) is 39.9. The lowest BCUT2D eigenvalue weighted by Gasteiger charge is -2.24. The molecule has 0 bridgehead atoms. The second-order valence-electron chi connectivity index (χ2n) is 18.3. The number of amides is 1. The summed E-state index contributed by atoms with van der Waals surface area (Å²) in [6.07, 6.45) is 52.8. The lowest BCUT2D eigenvalue weighted by atomic mass is 10.0. The van der Waals surface area contributed by atoms with Crippen molar-refractivity contribution in [2.45, 2.75) is 309 Å². The van der Waals surface area contributed by atoms with Crippen LogP contribution in [0.2, 0.25) is 0 Å². The third-order valence-electron chi connectivity index (χ3n) is 12.3. The van der Waals surface area contributed by atoms with Gasteiger partial charge in [0.15, 0.2) is 0 Å². The van der Waals surface area contributed by atoms with Gasteiger partial charge in [-0.25, -0.2) is 0 Å². The maximum atomic E-state index is 13.2. The van der Waals surface area contributed by atoms with Gasteiger partial charge >= 0.3 is 5.97 Å². The fourth-order valence-electron chi connectivity index (χ4n) is 8.31. The van der Waals surface area contributed by atoms with Crippen LogP contribution in [0.25, 0.3) is 0 Å². The Hall–Kier alpha value is -1.40. The molecule has 0 aliphatic heterocycles. The quantitative estimate of drug-likeness (QED) is 0.0322. The van der Waals surface area contributed by atoms with Gasteiger partial charge in [-0.1, -0.05) is 238 Å². The molecule has 0 saturated carbocycles. The van der Waals surface area contributed by atoms with Gasteiger partial charge in [0, 0.05) is 6.42 Å². The van der Waals surface area contributed by atoms with E-state index in [2.05, 4.69) is 38.2 Å². The Balaban J connectivity index is 4.45. The standard InChI is InChI=1S/C53H103NO5/c1-4-7-10-13-16-19-22-24-26-27-29-31-34-37-40-43-46-53(58)59-49(44-41-38-35-32-21-18-15-12-9-6-3)47-52(57)54-50(48-55)51(56)45-42-39-36-33-30-28-25-23-20-17-14-11-8-5-2/h18,21,49-51,55-56H,4-17,19-20,22-48H2,1-3H3,(H,54,57)/b21-18-. The first-order valence-corrected chi connectivity index (χ1v) is 26.4. The molecule has 0 aliphatic carbocycles. The van der Waals surface area contributed by atoms with Crippen LogP contribution in [-0.4, -0.2) is 46.9 Å². The molecule has 0 fully saturated rings. The first-order chi connectivity index (χ1) is 29.0. The predicted octanol–water partition coefficient (Wildman–Crippen LogP) is 15.7. The van der Waals surface area contributed by atoms with E-state index in [1.54, 1.807) is 0 Å². The van der Waals surface area contributed by atoms with Crippen LogP contribution >= 0.6 is 0 Å². The highest BCUT2D eigenvalue weighted by molar-refractivity contribution is 5.77. The van der Waals surface area contributed by atoms with E-state index in [4.69, 9.17) is 4.74 Å². The predicted molar refractivity (Wildman–Crippen MR) is 255 cm³/mol. The Labute approximate surface area is 368 Å². The van der Waals surface area contributed by atoms with Gasteiger partial charge in [0.2, 0.25) is 5.91 Å². The summed E-state index contributed by atoms with van der Waals surface area (Å²) in [4.78, 5) is 26.1. The molecular formula is C53H103NO5. The summed E-state index contributed by atoms with van der Waals surface area (Å²) in [7, 11) is 0. The van der Waals surface area contributed by atoms with E-state index in [0.29, 0.717) is 19.3 Å². The number of allylic oxidation sites excluding steroid dienone is 2. The molecule has 3 unspecified atom stereocenters. The molecule has 0 aromatic rings. The minimum absolute atomic E-state index is 0.0735. The minimum atomic E-state index is -0.785. The maximum absolute atomic E-state index is 13.2. The minimum Gasteiger partial charge on any atom is -0.462 e. The highest BCUT2D eigenvalue weighted by Gasteiger charge is 2.24. The van der Waals surface area contributed by atoms with Crippen molar-refractivity contribution in [1.29, 1.82) is 0 Å². The molecule has 0 aromatic carbocycles. The van der Waals surface area contributed by atoms with Gasteiger partial charge in [0.25, 0.3) is 0 Å². The van der Waals surface area contributed by atoms with Crippen molar-refractivity contribution in [2.24, 2.45) is 0 Å². The van der Waals surface area contributed by atoms with E-state index in [1.807, 2.05) is 0 Å². The number of hydrogen-bond acceptors (Lipinski definition) is 5. The van der Waals surface area contributed by atoms with E-state index < -0.39 is 18.2 Å². The lowest BCUT2D eigenvalue weighted by molar-refractivity contribution is -0.151. The summed E-state index contributed by atoms with van der Waals surface area (Å²) < 4.78 is 5.92. The summed E-state index contributed by atoms with van der Waals surface area (Å²) in [5.74, 6) is -0.473. The fraction of sp³-hybridized carbons (Fsp3) is 0.925. The first kappa shape index (κ1) is 57.6. The Morgan fingerprint density at radius 3 is 1.24 bits per heavy atom. The highest BCUT2D eigenvalue weighted by atomic mass is 16.5. The fourth-order valence-corrected chi connectivity index (χ4v) is 8.31. The van der Waals surface area contributed by atoms with E-state index in [9.17, 15) is 19.8 Å². The molecule has 0 aliphatic rings. The Kier molecular flexibility index (Phi) is 46.5. The average molecular weight is 834 g/mol. The number of carbonyl (C=O) groups excluding carboxylic acids is 2. The van der Waals surface area contributed by atoms with E-state index in [1.165, 1.54) is 180 Å². The zero-order valence-corrected chi connectivity index (χ0v) is 39.9. The lowest BCUT2D eigenvalue weighted by Crippen LogP contribution is -2.46. The van der Waals surface area contributed by atoms with Gasteiger partial charge in [0.05, 0.1) is 25.2 Å². The third kappa shape index (κ3) is 43.1. The molecule has 0 spiro atoms. The van der Waals surface area contributed by atoms with E-state index in [0.717, 1.165) is 64.2 Å². The molecule has 350 valence electrons. The van der Waals surface area contributed by atoms with Gasteiger partial charge in [0.1, 0.15) is 6.10 Å². The van der Waals surface area contributed by atoms with Crippen LogP contribution in [-0.2, 0) is 14.3 Å². The van der Waals surface area contributed by atoms with E-state index in [-0.39, 0.29) is 24.9 Å². The molecule has 3 N–H and O–H groups in total. The Morgan fingerprint density at radius 1 is 0.475 bits per heavy atom. The van der Waals surface area contributed by atoms with Crippen molar-refractivity contribution in [3.8, 4) is 0 Å². The molecule has 59 heavy (non-hydrogen) atoms. The van der Waals surface area contributed by atoms with Gasteiger partial charge in [-0.05, 0) is 51.4 Å². The number of rotatable bonds is 48.